The number of fused-ring (bicyclic) bond motifs is 1. The molecule has 0 aliphatic carbocycles. The molecule has 27 heavy (non-hydrogen) atoms. The number of nitrogens with one attached hydrogen (secondary N) is 1. The van der Waals surface area contributed by atoms with Crippen molar-refractivity contribution in [2.75, 3.05) is 0 Å². The van der Waals surface area contributed by atoms with Crippen LogP contribution < -0.4 is 5.32 Å². The van der Waals surface area contributed by atoms with Crippen molar-refractivity contribution >= 4 is 51.3 Å². The van der Waals surface area contributed by atoms with Gasteiger partial charge in [0.05, 0.1) is 16.6 Å². The molecule has 2 aromatic heterocycles. The van der Waals surface area contributed by atoms with Crippen molar-refractivity contribution in [3.8, 4) is 0 Å². The van der Waals surface area contributed by atoms with E-state index in [1.54, 1.807) is 30.1 Å². The zero-order chi connectivity index (χ0) is 19.9. The third-order valence-electron chi connectivity index (χ3n) is 4.09. The van der Waals surface area contributed by atoms with Gasteiger partial charge in [0.2, 0.25) is 0 Å². The summed E-state index contributed by atoms with van der Waals surface area (Å²) in [6, 6.07) is 6.04. The van der Waals surface area contributed by atoms with Gasteiger partial charge < -0.3 is 10.2 Å². The Bertz CT molecular complexity index is 1050. The lowest BCUT2D eigenvalue weighted by Crippen LogP contribution is -2.27. The minimum absolute atomic E-state index is 0.0224. The molecule has 144 valence electrons. The largest absolute Gasteiger partial charge is 0.353 e. The van der Waals surface area contributed by atoms with Gasteiger partial charge in [0, 0.05) is 33.4 Å². The number of amides is 1. The lowest BCUT2D eigenvalue weighted by atomic mass is 10.1. The lowest BCUT2D eigenvalue weighted by molar-refractivity contribution is 0.0849. The monoisotopic (exact) mass is 477 g/mol. The number of rotatable bonds is 5. The average molecular weight is 478 g/mol. The van der Waals surface area contributed by atoms with E-state index in [0.717, 1.165) is 17.0 Å². The third kappa shape index (κ3) is 3.71. The Balaban J connectivity index is 1.92. The highest BCUT2D eigenvalue weighted by Gasteiger charge is 2.42. The van der Waals surface area contributed by atoms with Crippen LogP contribution in [0.15, 0.2) is 34.9 Å². The van der Waals surface area contributed by atoms with Crippen molar-refractivity contribution in [3.05, 3.63) is 51.1 Å². The zero-order valence-corrected chi connectivity index (χ0v) is 17.6. The first-order valence-electron chi connectivity index (χ1n) is 7.75. The number of alkyl halides is 2. The van der Waals surface area contributed by atoms with Crippen LogP contribution in [0.2, 0.25) is 0 Å². The van der Waals surface area contributed by atoms with Gasteiger partial charge in [-0.1, -0.05) is 0 Å². The highest BCUT2D eigenvalue weighted by Crippen LogP contribution is 2.54. The highest BCUT2D eigenvalue weighted by molar-refractivity contribution is 9.10. The van der Waals surface area contributed by atoms with Crippen LogP contribution in [0.25, 0.3) is 10.1 Å². The predicted molar refractivity (Wildman–Crippen MR) is 104 cm³/mol. The fourth-order valence-corrected chi connectivity index (χ4v) is 5.49. The van der Waals surface area contributed by atoms with E-state index in [4.69, 9.17) is 4.89 Å². The maximum Gasteiger partial charge on any atom is 0.353 e. The summed E-state index contributed by atoms with van der Waals surface area (Å²) in [6.07, 6.45) is 1.63. The van der Waals surface area contributed by atoms with Gasteiger partial charge in [-0.25, -0.2) is 0 Å². The molecule has 0 fully saturated rings. The summed E-state index contributed by atoms with van der Waals surface area (Å²) in [4.78, 5) is 21.0. The molecule has 0 spiro atoms. The quantitative estimate of drug-likeness (QED) is 0.533. The van der Waals surface area contributed by atoms with Crippen molar-refractivity contribution in [1.29, 1.82) is 0 Å². The molecular formula is C16H15BrF2N3O3PS. The lowest BCUT2D eigenvalue weighted by Gasteiger charge is -2.14. The number of hydrogen-bond donors (Lipinski definition) is 2. The summed E-state index contributed by atoms with van der Waals surface area (Å²) in [5, 5.41) is 7.28. The van der Waals surface area contributed by atoms with Crippen LogP contribution in [0.5, 0.6) is 0 Å². The first-order valence-corrected chi connectivity index (χ1v) is 10.7. The van der Waals surface area contributed by atoms with Crippen LogP contribution in [-0.4, -0.2) is 20.6 Å². The Hall–Kier alpha value is -1.61. The first-order chi connectivity index (χ1) is 12.6. The number of benzene rings is 1. The molecule has 0 saturated heterocycles. The second kappa shape index (κ2) is 7.43. The molecule has 2 heterocycles. The van der Waals surface area contributed by atoms with Crippen LogP contribution in [-0.2, 0) is 17.3 Å². The molecular weight excluding hydrogens is 463 g/mol. The van der Waals surface area contributed by atoms with Gasteiger partial charge >= 0.3 is 5.66 Å². The molecule has 6 nitrogen and oxygen atoms in total. The van der Waals surface area contributed by atoms with Crippen LogP contribution in [0.3, 0.4) is 0 Å². The van der Waals surface area contributed by atoms with E-state index in [1.807, 2.05) is 6.92 Å². The standard InChI is InChI=1S/C16H15BrF2N3O3PS/c1-8(11-5-6-20-22(11)2)21-15(23)9-3-4-12-10(7-9)13(17)14(27-12)16(18,19)26(24)25/h3-8,26H,1-2H3,(H,21,23)(H,24,25)/t8-/m1/s1. The Morgan fingerprint density at radius 1 is 1.44 bits per heavy atom. The summed E-state index contributed by atoms with van der Waals surface area (Å²) >= 11 is 3.80. The van der Waals surface area contributed by atoms with Crippen LogP contribution >= 0.6 is 35.3 Å². The van der Waals surface area contributed by atoms with E-state index in [9.17, 15) is 18.1 Å². The number of nitrogens with zero attached hydrogens (tertiary/aromatic N) is 2. The maximum atomic E-state index is 14.0. The number of halogens is 3. The smallest absolute Gasteiger partial charge is 0.344 e. The van der Waals surface area contributed by atoms with E-state index in [-0.39, 0.29) is 16.4 Å². The van der Waals surface area contributed by atoms with Gasteiger partial charge in [-0.15, -0.1) is 11.3 Å². The number of hydrogen-bond acceptors (Lipinski definition) is 4. The zero-order valence-electron chi connectivity index (χ0n) is 14.2. The summed E-state index contributed by atoms with van der Waals surface area (Å²) < 4.78 is 41.1. The Morgan fingerprint density at radius 3 is 2.74 bits per heavy atom. The van der Waals surface area contributed by atoms with E-state index in [0.29, 0.717) is 15.6 Å². The van der Waals surface area contributed by atoms with E-state index in [1.165, 1.54) is 12.1 Å². The second-order valence-corrected chi connectivity index (χ2v) is 8.99. The number of carbonyl (C=O) groups is 1. The normalized spacial score (nSPS) is 14.3. The van der Waals surface area contributed by atoms with Gasteiger partial charge in [0.25, 0.3) is 13.9 Å². The van der Waals surface area contributed by atoms with Gasteiger partial charge in [-0.2, -0.15) is 13.9 Å². The van der Waals surface area contributed by atoms with E-state index < -0.39 is 18.6 Å². The van der Waals surface area contributed by atoms with Gasteiger partial charge in [0.15, 0.2) is 0 Å². The summed E-state index contributed by atoms with van der Waals surface area (Å²) in [6.45, 7) is 1.81. The molecule has 2 N–H and O–H groups in total. The van der Waals surface area contributed by atoms with Crippen LogP contribution in [0.4, 0.5) is 8.78 Å². The number of aryl methyl sites for hydroxylation is 1. The Kier molecular flexibility index (Phi) is 5.54. The highest BCUT2D eigenvalue weighted by atomic mass is 79.9. The van der Waals surface area contributed by atoms with Crippen LogP contribution in [0, 0.1) is 0 Å². The van der Waals surface area contributed by atoms with E-state index >= 15 is 0 Å². The van der Waals surface area contributed by atoms with Crippen molar-refractivity contribution < 1.29 is 23.0 Å². The number of carbonyl (C=O) groups excluding carboxylic acids is 1. The summed E-state index contributed by atoms with van der Waals surface area (Å²) in [5.41, 5.74) is -2.72. The topological polar surface area (TPSA) is 84.2 Å². The minimum atomic E-state index is -4.09. The SMILES string of the molecule is C[C@@H](NC(=O)c1ccc2sc(C(F)(F)[PH](=O)O)c(Br)c2c1)c1ccnn1C. The molecule has 0 aliphatic rings. The molecule has 11 heteroatoms. The molecule has 3 aromatic rings. The van der Waals surface area contributed by atoms with Gasteiger partial charge in [-0.05, 0) is 47.1 Å². The molecule has 0 aliphatic heterocycles. The van der Waals surface area contributed by atoms with Crippen molar-refractivity contribution in [2.24, 2.45) is 7.05 Å². The van der Waals surface area contributed by atoms with Crippen molar-refractivity contribution in [1.82, 2.24) is 15.1 Å². The summed E-state index contributed by atoms with van der Waals surface area (Å²) in [7, 11) is -2.33. The Morgan fingerprint density at radius 2 is 2.15 bits per heavy atom. The minimum Gasteiger partial charge on any atom is -0.344 e. The maximum absolute atomic E-state index is 14.0. The fourth-order valence-electron chi connectivity index (χ4n) is 2.67. The van der Waals surface area contributed by atoms with Crippen molar-refractivity contribution in [3.63, 3.8) is 0 Å². The Labute approximate surface area is 166 Å². The number of aromatic nitrogens is 2. The molecule has 0 bridgehead atoms. The van der Waals surface area contributed by atoms with Crippen LogP contribution in [0.1, 0.15) is 33.9 Å². The van der Waals surface area contributed by atoms with Gasteiger partial charge in [0.1, 0.15) is 0 Å². The van der Waals surface area contributed by atoms with E-state index in [2.05, 4.69) is 26.3 Å². The fraction of sp³-hybridized carbons (Fsp3) is 0.250. The molecule has 2 atom stereocenters. The van der Waals surface area contributed by atoms with Gasteiger partial charge in [-0.3, -0.25) is 14.0 Å². The first kappa shape index (κ1) is 20.1. The molecule has 1 amide bonds. The second-order valence-electron chi connectivity index (χ2n) is 5.91. The molecule has 3 rings (SSSR count). The summed E-state index contributed by atoms with van der Waals surface area (Å²) in [5.74, 6) is -0.368. The molecule has 0 radical (unpaired) electrons. The molecule has 1 unspecified atom stereocenters. The van der Waals surface area contributed by atoms with Crippen molar-refractivity contribution in [2.45, 2.75) is 18.6 Å². The average Bonchev–Trinajstić information content (AvgIpc) is 3.18. The third-order valence-corrected chi connectivity index (χ3v) is 7.39. The number of thiophene rings is 1. The molecule has 1 aromatic carbocycles. The predicted octanol–water partition coefficient (Wildman–Crippen LogP) is 4.40. The molecule has 0 saturated carbocycles.